The summed E-state index contributed by atoms with van der Waals surface area (Å²) in [5.41, 5.74) is 5.90. The molecule has 3 unspecified atom stereocenters. The summed E-state index contributed by atoms with van der Waals surface area (Å²) in [7, 11) is 0. The minimum Gasteiger partial charge on any atom is -0.336 e. The van der Waals surface area contributed by atoms with Crippen LogP contribution < -0.4 is 5.73 Å². The molecule has 1 aliphatic rings. The molecule has 0 aromatic carbocycles. The van der Waals surface area contributed by atoms with Crippen molar-refractivity contribution < 1.29 is 4.79 Å². The van der Waals surface area contributed by atoms with Crippen LogP contribution in [0.2, 0.25) is 0 Å². The van der Waals surface area contributed by atoms with E-state index in [4.69, 9.17) is 5.73 Å². The average molecular weight is 212 g/mol. The molecular weight excluding hydrogens is 188 g/mol. The number of amides is 1. The van der Waals surface area contributed by atoms with Crippen molar-refractivity contribution in [3.05, 3.63) is 0 Å². The second-order valence-electron chi connectivity index (χ2n) is 4.63. The predicted octanol–water partition coefficient (Wildman–Crippen LogP) is 1.90. The molecule has 3 nitrogen and oxygen atoms in total. The summed E-state index contributed by atoms with van der Waals surface area (Å²) in [6, 6.07) is 0.519. The van der Waals surface area contributed by atoms with Gasteiger partial charge in [-0.2, -0.15) is 0 Å². The minimum atomic E-state index is -0.287. The summed E-state index contributed by atoms with van der Waals surface area (Å²) in [6.07, 6.45) is 5.10. The van der Waals surface area contributed by atoms with Crippen LogP contribution in [0.1, 0.15) is 52.9 Å². The standard InChI is InChI=1S/C12H24N2O/c1-4-6-11(13)12(15)14-9(3)7-8-10(14)5-2/h9-11H,4-8,13H2,1-3H3. The number of likely N-dealkylation sites (tertiary alicyclic amines) is 1. The molecule has 1 saturated heterocycles. The first-order chi connectivity index (χ1) is 7.11. The van der Waals surface area contributed by atoms with Crippen molar-refractivity contribution >= 4 is 5.91 Å². The number of nitrogens with two attached hydrogens (primary N) is 1. The largest absolute Gasteiger partial charge is 0.336 e. The summed E-state index contributed by atoms with van der Waals surface area (Å²) < 4.78 is 0. The monoisotopic (exact) mass is 212 g/mol. The lowest BCUT2D eigenvalue weighted by Gasteiger charge is -2.30. The van der Waals surface area contributed by atoms with Crippen molar-refractivity contribution in [1.29, 1.82) is 0 Å². The van der Waals surface area contributed by atoms with Crippen LogP contribution in [-0.2, 0) is 4.79 Å². The van der Waals surface area contributed by atoms with Gasteiger partial charge in [-0.1, -0.05) is 20.3 Å². The molecule has 15 heavy (non-hydrogen) atoms. The summed E-state index contributed by atoms with van der Waals surface area (Å²) >= 11 is 0. The Labute approximate surface area is 93.0 Å². The third kappa shape index (κ3) is 2.71. The molecule has 0 bridgehead atoms. The molecule has 88 valence electrons. The zero-order chi connectivity index (χ0) is 11.4. The van der Waals surface area contributed by atoms with Gasteiger partial charge in [0.2, 0.25) is 5.91 Å². The minimum absolute atomic E-state index is 0.161. The van der Waals surface area contributed by atoms with Crippen molar-refractivity contribution in [2.45, 2.75) is 71.0 Å². The lowest BCUT2D eigenvalue weighted by Crippen LogP contribution is -2.48. The molecule has 3 heteroatoms. The van der Waals surface area contributed by atoms with Gasteiger partial charge in [-0.05, 0) is 32.6 Å². The maximum Gasteiger partial charge on any atom is 0.239 e. The van der Waals surface area contributed by atoms with Gasteiger partial charge in [0.1, 0.15) is 0 Å². The molecule has 0 aliphatic carbocycles. The Bertz CT molecular complexity index is 218. The van der Waals surface area contributed by atoms with Gasteiger partial charge < -0.3 is 10.6 Å². The van der Waals surface area contributed by atoms with Gasteiger partial charge >= 0.3 is 0 Å². The molecule has 0 aromatic rings. The fraction of sp³-hybridized carbons (Fsp3) is 0.917. The third-order valence-electron chi connectivity index (χ3n) is 3.43. The normalized spacial score (nSPS) is 28.1. The van der Waals surface area contributed by atoms with Gasteiger partial charge in [0.25, 0.3) is 0 Å². The van der Waals surface area contributed by atoms with Crippen LogP contribution in [-0.4, -0.2) is 28.9 Å². The first kappa shape index (κ1) is 12.5. The van der Waals surface area contributed by atoms with Gasteiger partial charge in [-0.25, -0.2) is 0 Å². The Balaban J connectivity index is 2.63. The smallest absolute Gasteiger partial charge is 0.239 e. The summed E-state index contributed by atoms with van der Waals surface area (Å²) in [6.45, 7) is 6.35. The number of nitrogens with zero attached hydrogens (tertiary/aromatic N) is 1. The second kappa shape index (κ2) is 5.50. The van der Waals surface area contributed by atoms with E-state index in [1.54, 1.807) is 0 Å². The van der Waals surface area contributed by atoms with E-state index in [-0.39, 0.29) is 11.9 Å². The maximum atomic E-state index is 12.1. The molecule has 3 atom stereocenters. The van der Waals surface area contributed by atoms with Crippen LogP contribution in [0.5, 0.6) is 0 Å². The zero-order valence-corrected chi connectivity index (χ0v) is 10.2. The summed E-state index contributed by atoms with van der Waals surface area (Å²) in [4.78, 5) is 14.1. The van der Waals surface area contributed by atoms with Crippen LogP contribution in [0, 0.1) is 0 Å². The van der Waals surface area contributed by atoms with Crippen molar-refractivity contribution in [3.63, 3.8) is 0 Å². The van der Waals surface area contributed by atoms with E-state index < -0.39 is 0 Å². The van der Waals surface area contributed by atoms with Crippen LogP contribution in [0.25, 0.3) is 0 Å². The fourth-order valence-electron chi connectivity index (χ4n) is 2.50. The molecule has 1 rings (SSSR count). The van der Waals surface area contributed by atoms with Gasteiger partial charge in [-0.3, -0.25) is 4.79 Å². The van der Waals surface area contributed by atoms with E-state index in [2.05, 4.69) is 20.8 Å². The number of carbonyl (C=O) groups is 1. The van der Waals surface area contributed by atoms with E-state index >= 15 is 0 Å². The van der Waals surface area contributed by atoms with Crippen molar-refractivity contribution in [2.24, 2.45) is 5.73 Å². The van der Waals surface area contributed by atoms with E-state index in [1.165, 1.54) is 0 Å². The third-order valence-corrected chi connectivity index (χ3v) is 3.43. The molecule has 0 saturated carbocycles. The Morgan fingerprint density at radius 1 is 1.47 bits per heavy atom. The Morgan fingerprint density at radius 2 is 2.13 bits per heavy atom. The SMILES string of the molecule is CCCC(N)C(=O)N1C(C)CCC1CC. The van der Waals surface area contributed by atoms with Gasteiger partial charge in [0.05, 0.1) is 6.04 Å². The first-order valence-electron chi connectivity index (χ1n) is 6.19. The van der Waals surface area contributed by atoms with Crippen molar-refractivity contribution in [1.82, 2.24) is 4.90 Å². The van der Waals surface area contributed by atoms with Crippen LogP contribution >= 0.6 is 0 Å². The van der Waals surface area contributed by atoms with E-state index in [1.807, 2.05) is 4.90 Å². The van der Waals surface area contributed by atoms with Crippen LogP contribution in [0.4, 0.5) is 0 Å². The predicted molar refractivity (Wildman–Crippen MR) is 62.5 cm³/mol. The first-order valence-corrected chi connectivity index (χ1v) is 6.19. The molecular formula is C12H24N2O. The van der Waals surface area contributed by atoms with E-state index in [0.717, 1.165) is 32.1 Å². The topological polar surface area (TPSA) is 46.3 Å². The fourth-order valence-corrected chi connectivity index (χ4v) is 2.50. The summed E-state index contributed by atoms with van der Waals surface area (Å²) in [5, 5.41) is 0. The molecule has 1 fully saturated rings. The highest BCUT2D eigenvalue weighted by molar-refractivity contribution is 5.82. The van der Waals surface area contributed by atoms with Crippen LogP contribution in [0.3, 0.4) is 0 Å². The molecule has 1 heterocycles. The quantitative estimate of drug-likeness (QED) is 0.773. The number of hydrogen-bond donors (Lipinski definition) is 1. The molecule has 1 aliphatic heterocycles. The van der Waals surface area contributed by atoms with E-state index in [0.29, 0.717) is 12.1 Å². The van der Waals surface area contributed by atoms with Crippen molar-refractivity contribution in [3.8, 4) is 0 Å². The molecule has 1 amide bonds. The Morgan fingerprint density at radius 3 is 2.67 bits per heavy atom. The molecule has 0 radical (unpaired) electrons. The Hall–Kier alpha value is -0.570. The number of hydrogen-bond acceptors (Lipinski definition) is 2. The average Bonchev–Trinajstić information content (AvgIpc) is 2.58. The lowest BCUT2D eigenvalue weighted by molar-refractivity contribution is -0.135. The Kier molecular flexibility index (Phi) is 4.58. The highest BCUT2D eigenvalue weighted by atomic mass is 16.2. The molecule has 0 aromatic heterocycles. The van der Waals surface area contributed by atoms with Gasteiger partial charge in [-0.15, -0.1) is 0 Å². The zero-order valence-electron chi connectivity index (χ0n) is 10.2. The lowest BCUT2D eigenvalue weighted by atomic mass is 10.1. The molecule has 2 N–H and O–H groups in total. The van der Waals surface area contributed by atoms with Crippen LogP contribution in [0.15, 0.2) is 0 Å². The van der Waals surface area contributed by atoms with Crippen molar-refractivity contribution in [2.75, 3.05) is 0 Å². The number of carbonyl (C=O) groups excluding carboxylic acids is 1. The highest BCUT2D eigenvalue weighted by Crippen LogP contribution is 2.26. The summed E-state index contributed by atoms with van der Waals surface area (Å²) in [5.74, 6) is 0.161. The molecule has 0 spiro atoms. The number of rotatable bonds is 4. The second-order valence-corrected chi connectivity index (χ2v) is 4.63. The van der Waals surface area contributed by atoms with Gasteiger partial charge in [0, 0.05) is 12.1 Å². The van der Waals surface area contributed by atoms with Gasteiger partial charge in [0.15, 0.2) is 0 Å². The van der Waals surface area contributed by atoms with E-state index in [9.17, 15) is 4.79 Å². The highest BCUT2D eigenvalue weighted by Gasteiger charge is 2.34. The maximum absolute atomic E-state index is 12.1.